The summed E-state index contributed by atoms with van der Waals surface area (Å²) in [6.07, 6.45) is -3.06. The van der Waals surface area contributed by atoms with Gasteiger partial charge in [-0.2, -0.15) is 18.3 Å². The van der Waals surface area contributed by atoms with Crippen molar-refractivity contribution in [1.82, 2.24) is 20.5 Å². The Hall–Kier alpha value is -3.31. The number of halogens is 3. The van der Waals surface area contributed by atoms with Gasteiger partial charge in [-0.3, -0.25) is 9.89 Å². The Kier molecular flexibility index (Phi) is 7.77. The number of aromatic amines is 1. The third kappa shape index (κ3) is 6.83. The van der Waals surface area contributed by atoms with Crippen molar-refractivity contribution in [3.05, 3.63) is 35.7 Å². The molecule has 1 fully saturated rings. The standard InChI is InChI=1S/C21H26F3N5O4/c1-3-16(21(22,23)24)26-20(31)33-14-5-4-13(10-14)15-11-17(29-28-15)27-18(30)8-12-6-7-25-19(9-12)32-2/h6-7,9,11,13-14,16H,3-5,8,10H2,1-2H3,(H,26,31)(H2,27,28,29,30)/t13-,14+,16?/m0/s1. The maximum absolute atomic E-state index is 12.8. The highest BCUT2D eigenvalue weighted by molar-refractivity contribution is 5.91. The topological polar surface area (TPSA) is 118 Å². The van der Waals surface area contributed by atoms with E-state index in [9.17, 15) is 22.8 Å². The molecule has 2 aromatic heterocycles. The molecule has 1 unspecified atom stereocenters. The zero-order chi connectivity index (χ0) is 24.0. The van der Waals surface area contributed by atoms with Crippen LogP contribution in [0.5, 0.6) is 5.88 Å². The SMILES string of the molecule is CCC(NC(=O)O[C@@H]1CC[C@H](c2cc(NC(=O)Cc3ccnc(OC)c3)n[nH]2)C1)C(F)(F)F. The van der Waals surface area contributed by atoms with Crippen LogP contribution in [0.2, 0.25) is 0 Å². The number of methoxy groups -OCH3 is 1. The second-order valence-electron chi connectivity index (χ2n) is 7.82. The van der Waals surface area contributed by atoms with Crippen LogP contribution >= 0.6 is 0 Å². The molecule has 1 aliphatic carbocycles. The lowest BCUT2D eigenvalue weighted by Gasteiger charge is -2.21. The lowest BCUT2D eigenvalue weighted by atomic mass is 10.0. The molecule has 0 spiro atoms. The molecule has 1 saturated carbocycles. The lowest BCUT2D eigenvalue weighted by molar-refractivity contribution is -0.155. The van der Waals surface area contributed by atoms with E-state index in [0.717, 1.165) is 11.3 Å². The van der Waals surface area contributed by atoms with Gasteiger partial charge in [0.2, 0.25) is 11.8 Å². The summed E-state index contributed by atoms with van der Waals surface area (Å²) in [4.78, 5) is 28.2. The van der Waals surface area contributed by atoms with Gasteiger partial charge >= 0.3 is 12.3 Å². The fraction of sp³-hybridized carbons (Fsp3) is 0.524. The predicted octanol–water partition coefficient (Wildman–Crippen LogP) is 3.70. The number of ether oxygens (including phenoxy) is 2. The molecule has 3 N–H and O–H groups in total. The Bertz CT molecular complexity index is 965. The van der Waals surface area contributed by atoms with Crippen molar-refractivity contribution in [1.29, 1.82) is 0 Å². The van der Waals surface area contributed by atoms with Gasteiger partial charge in [0, 0.05) is 29.9 Å². The molecule has 3 rings (SSSR count). The summed E-state index contributed by atoms with van der Waals surface area (Å²) in [6.45, 7) is 1.34. The van der Waals surface area contributed by atoms with E-state index in [-0.39, 0.29) is 24.7 Å². The van der Waals surface area contributed by atoms with Crippen molar-refractivity contribution in [3.63, 3.8) is 0 Å². The fourth-order valence-electron chi connectivity index (χ4n) is 3.73. The number of H-pyrrole nitrogens is 1. The molecule has 0 aliphatic heterocycles. The van der Waals surface area contributed by atoms with Crippen LogP contribution in [0.4, 0.5) is 23.8 Å². The lowest BCUT2D eigenvalue weighted by Crippen LogP contribution is -2.45. The highest BCUT2D eigenvalue weighted by Crippen LogP contribution is 2.36. The van der Waals surface area contributed by atoms with Gasteiger partial charge in [-0.15, -0.1) is 0 Å². The van der Waals surface area contributed by atoms with Gasteiger partial charge in [0.15, 0.2) is 5.82 Å². The number of carbonyl (C=O) groups is 2. The molecule has 180 valence electrons. The van der Waals surface area contributed by atoms with Crippen molar-refractivity contribution < 1.29 is 32.2 Å². The molecule has 2 amide bonds. The zero-order valence-corrected chi connectivity index (χ0v) is 18.2. The number of aromatic nitrogens is 3. The third-order valence-electron chi connectivity index (χ3n) is 5.43. The average Bonchev–Trinajstić information content (AvgIpc) is 3.40. The molecule has 2 aromatic rings. The summed E-state index contributed by atoms with van der Waals surface area (Å²) in [5.41, 5.74) is 1.49. The number of nitrogens with one attached hydrogen (secondary N) is 3. The van der Waals surface area contributed by atoms with E-state index in [1.165, 1.54) is 14.0 Å². The van der Waals surface area contributed by atoms with E-state index >= 15 is 0 Å². The van der Waals surface area contributed by atoms with Crippen molar-refractivity contribution in [2.24, 2.45) is 0 Å². The number of hydrogen-bond acceptors (Lipinski definition) is 6. The maximum atomic E-state index is 12.8. The Morgan fingerprint density at radius 2 is 2.09 bits per heavy atom. The first kappa shape index (κ1) is 24.3. The van der Waals surface area contributed by atoms with Crippen molar-refractivity contribution in [2.45, 2.75) is 63.3 Å². The minimum absolute atomic E-state index is 0.0185. The smallest absolute Gasteiger partial charge is 0.408 e. The number of pyridine rings is 1. The summed E-state index contributed by atoms with van der Waals surface area (Å²) in [5, 5.41) is 11.6. The molecule has 33 heavy (non-hydrogen) atoms. The third-order valence-corrected chi connectivity index (χ3v) is 5.43. The summed E-state index contributed by atoms with van der Waals surface area (Å²) < 4.78 is 48.6. The quantitative estimate of drug-likeness (QED) is 0.543. The van der Waals surface area contributed by atoms with Crippen LogP contribution in [0.25, 0.3) is 0 Å². The molecule has 0 radical (unpaired) electrons. The number of anilines is 1. The number of nitrogens with zero attached hydrogens (tertiary/aromatic N) is 2. The summed E-state index contributed by atoms with van der Waals surface area (Å²) in [7, 11) is 1.49. The van der Waals surface area contributed by atoms with Crippen LogP contribution < -0.4 is 15.4 Å². The molecule has 2 heterocycles. The monoisotopic (exact) mass is 469 g/mol. The number of rotatable bonds is 8. The van der Waals surface area contributed by atoms with Crippen molar-refractivity contribution in [3.8, 4) is 5.88 Å². The van der Waals surface area contributed by atoms with Crippen LogP contribution in [0, 0.1) is 0 Å². The van der Waals surface area contributed by atoms with E-state index in [1.807, 2.05) is 5.32 Å². The second kappa shape index (κ2) is 10.5. The van der Waals surface area contributed by atoms with Gasteiger partial charge in [0.1, 0.15) is 12.1 Å². The van der Waals surface area contributed by atoms with Crippen LogP contribution in [-0.2, 0) is 16.0 Å². The zero-order valence-electron chi connectivity index (χ0n) is 18.2. The molecule has 0 bridgehead atoms. The van der Waals surface area contributed by atoms with Crippen LogP contribution in [0.3, 0.4) is 0 Å². The Labute approximate surface area is 188 Å². The average molecular weight is 469 g/mol. The first-order valence-electron chi connectivity index (χ1n) is 10.6. The highest BCUT2D eigenvalue weighted by atomic mass is 19.4. The van der Waals surface area contributed by atoms with Crippen LogP contribution in [-0.4, -0.2) is 52.6 Å². The number of carbonyl (C=O) groups excluding carboxylic acids is 2. The molecule has 9 nitrogen and oxygen atoms in total. The molecule has 12 heteroatoms. The van der Waals surface area contributed by atoms with Gasteiger partial charge in [-0.1, -0.05) is 6.92 Å². The number of hydrogen-bond donors (Lipinski definition) is 3. The summed E-state index contributed by atoms with van der Waals surface area (Å²) in [5.74, 6) is 0.488. The van der Waals surface area contributed by atoms with Gasteiger partial charge in [-0.25, -0.2) is 9.78 Å². The maximum Gasteiger partial charge on any atom is 0.408 e. The van der Waals surface area contributed by atoms with Crippen LogP contribution in [0.1, 0.15) is 49.8 Å². The fourth-order valence-corrected chi connectivity index (χ4v) is 3.73. The Morgan fingerprint density at radius 3 is 2.79 bits per heavy atom. The van der Waals surface area contributed by atoms with E-state index < -0.39 is 24.4 Å². The van der Waals surface area contributed by atoms with E-state index in [0.29, 0.717) is 31.0 Å². The minimum atomic E-state index is -4.52. The van der Waals surface area contributed by atoms with Gasteiger partial charge in [0.25, 0.3) is 0 Å². The molecule has 0 saturated heterocycles. The van der Waals surface area contributed by atoms with Crippen molar-refractivity contribution in [2.75, 3.05) is 12.4 Å². The molecule has 3 atom stereocenters. The predicted molar refractivity (Wildman–Crippen MR) is 112 cm³/mol. The van der Waals surface area contributed by atoms with Gasteiger partial charge in [0.05, 0.1) is 13.5 Å². The number of amides is 2. The molecular formula is C21H26F3N5O4. The van der Waals surface area contributed by atoms with Crippen molar-refractivity contribution >= 4 is 17.8 Å². The molecular weight excluding hydrogens is 443 g/mol. The van der Waals surface area contributed by atoms with E-state index in [4.69, 9.17) is 9.47 Å². The Balaban J connectivity index is 1.48. The molecule has 0 aromatic carbocycles. The van der Waals surface area contributed by atoms with Crippen LogP contribution in [0.15, 0.2) is 24.4 Å². The van der Waals surface area contributed by atoms with E-state index in [2.05, 4.69) is 20.5 Å². The minimum Gasteiger partial charge on any atom is -0.481 e. The normalized spacial score (nSPS) is 19.1. The highest BCUT2D eigenvalue weighted by Gasteiger charge is 2.40. The second-order valence-corrected chi connectivity index (χ2v) is 7.82. The van der Waals surface area contributed by atoms with Gasteiger partial charge < -0.3 is 20.1 Å². The first-order chi connectivity index (χ1) is 15.7. The number of alkyl carbamates (subject to hydrolysis) is 1. The Morgan fingerprint density at radius 1 is 1.30 bits per heavy atom. The number of alkyl halides is 3. The van der Waals surface area contributed by atoms with E-state index in [1.54, 1.807) is 24.4 Å². The summed E-state index contributed by atoms with van der Waals surface area (Å²) >= 11 is 0. The summed E-state index contributed by atoms with van der Waals surface area (Å²) in [6, 6.07) is 3.15. The van der Waals surface area contributed by atoms with Gasteiger partial charge in [-0.05, 0) is 37.3 Å². The first-order valence-corrected chi connectivity index (χ1v) is 10.6. The molecule has 1 aliphatic rings. The largest absolute Gasteiger partial charge is 0.481 e.